The van der Waals surface area contributed by atoms with Crippen molar-refractivity contribution in [3.05, 3.63) is 95.3 Å². The molecule has 0 spiro atoms. The fraction of sp³-hybridized carbons (Fsp3) is 0.500. The van der Waals surface area contributed by atoms with Crippen LogP contribution in [0.25, 0.3) is 0 Å². The van der Waals surface area contributed by atoms with E-state index < -0.39 is 36.2 Å². The molecule has 3 aliphatic heterocycles. The first-order valence-electron chi connectivity index (χ1n) is 14.9. The Balaban J connectivity index is 1.30. The number of hydrogen-bond donors (Lipinski definition) is 0. The van der Waals surface area contributed by atoms with Gasteiger partial charge in [-0.3, -0.25) is 4.79 Å². The molecule has 4 atom stereocenters. The number of rotatable bonds is 10. The molecule has 2 aromatic carbocycles. The summed E-state index contributed by atoms with van der Waals surface area (Å²) in [5.41, 5.74) is 3.16. The van der Waals surface area contributed by atoms with Crippen LogP contribution in [-0.2, 0) is 52.9 Å². The Hall–Kier alpha value is -2.89. The summed E-state index contributed by atoms with van der Waals surface area (Å²) in [7, 11) is 0. The summed E-state index contributed by atoms with van der Waals surface area (Å²) < 4.78 is 46.8. The Morgan fingerprint density at radius 1 is 0.860 bits per heavy atom. The van der Waals surface area contributed by atoms with E-state index in [1.165, 1.54) is 0 Å². The molecule has 0 aliphatic carbocycles. The standard InChI is InChI=1S/C34H41NO8/c1-32(2)22-39-31(40-23-32)27-16-15-26(17-36)35(27)21-34-30(42-33(3,4)43-34)29(38-19-25-13-9-6-10-14-25)28(20-41-34)37-18-24-11-7-5-8-12-24/h5-17,28-31H,18-23H2,1-4H3/t28-,29-,30+,34+/m1/s1. The Bertz CT molecular complexity index is 1360. The lowest BCUT2D eigenvalue weighted by Gasteiger charge is -2.45. The third-order valence-corrected chi connectivity index (χ3v) is 8.05. The van der Waals surface area contributed by atoms with Crippen molar-refractivity contribution in [1.29, 1.82) is 0 Å². The summed E-state index contributed by atoms with van der Waals surface area (Å²) in [5.74, 6) is -2.25. The molecule has 9 nitrogen and oxygen atoms in total. The highest BCUT2D eigenvalue weighted by molar-refractivity contribution is 5.72. The van der Waals surface area contributed by atoms with Crippen LogP contribution in [0.15, 0.2) is 72.8 Å². The van der Waals surface area contributed by atoms with Gasteiger partial charge in [-0.25, -0.2) is 0 Å². The van der Waals surface area contributed by atoms with Gasteiger partial charge in [-0.2, -0.15) is 0 Å². The average Bonchev–Trinajstić information content (AvgIpc) is 3.52. The molecular formula is C34H41NO8. The molecule has 3 aliphatic rings. The number of nitrogens with zero attached hydrogens (tertiary/aromatic N) is 1. The van der Waals surface area contributed by atoms with Crippen molar-refractivity contribution in [2.45, 2.75) is 83.6 Å². The molecule has 43 heavy (non-hydrogen) atoms. The van der Waals surface area contributed by atoms with E-state index in [2.05, 4.69) is 13.8 Å². The van der Waals surface area contributed by atoms with E-state index in [9.17, 15) is 4.79 Å². The smallest absolute Gasteiger partial charge is 0.218 e. The number of benzene rings is 2. The Morgan fingerprint density at radius 2 is 1.49 bits per heavy atom. The number of fused-ring (bicyclic) bond motifs is 1. The van der Waals surface area contributed by atoms with E-state index >= 15 is 0 Å². The molecule has 9 heteroatoms. The van der Waals surface area contributed by atoms with Crippen molar-refractivity contribution in [1.82, 2.24) is 4.57 Å². The zero-order chi connectivity index (χ0) is 30.1. The van der Waals surface area contributed by atoms with Crippen LogP contribution >= 0.6 is 0 Å². The highest BCUT2D eigenvalue weighted by Crippen LogP contribution is 2.46. The van der Waals surface area contributed by atoms with E-state index in [0.717, 1.165) is 17.4 Å². The predicted molar refractivity (Wildman–Crippen MR) is 157 cm³/mol. The zero-order valence-corrected chi connectivity index (χ0v) is 25.3. The molecule has 0 saturated carbocycles. The zero-order valence-electron chi connectivity index (χ0n) is 25.3. The summed E-state index contributed by atoms with van der Waals surface area (Å²) in [6, 6.07) is 23.6. The van der Waals surface area contributed by atoms with E-state index in [-0.39, 0.29) is 18.6 Å². The fourth-order valence-corrected chi connectivity index (χ4v) is 5.96. The topological polar surface area (TPSA) is 86.6 Å². The molecule has 0 bridgehead atoms. The summed E-state index contributed by atoms with van der Waals surface area (Å²) in [4.78, 5) is 12.2. The van der Waals surface area contributed by atoms with Gasteiger partial charge in [0, 0.05) is 5.41 Å². The van der Waals surface area contributed by atoms with Crippen molar-refractivity contribution in [2.75, 3.05) is 19.8 Å². The van der Waals surface area contributed by atoms with Gasteiger partial charge in [0.2, 0.25) is 5.79 Å². The van der Waals surface area contributed by atoms with Crippen molar-refractivity contribution < 1.29 is 38.0 Å². The first-order valence-corrected chi connectivity index (χ1v) is 14.9. The fourth-order valence-electron chi connectivity index (χ4n) is 5.96. The Morgan fingerprint density at radius 3 is 2.12 bits per heavy atom. The second-order valence-corrected chi connectivity index (χ2v) is 12.8. The SMILES string of the molecule is CC1(C)COC(c2ccc(C=O)n2C[C@@]23OC[C@@H](OCc4ccccc4)[C@@H](OCc4ccccc4)[C@@H]2OC(C)(C)O3)OC1. The van der Waals surface area contributed by atoms with Gasteiger partial charge in [-0.1, -0.05) is 74.5 Å². The van der Waals surface area contributed by atoms with Crippen LogP contribution in [0.4, 0.5) is 0 Å². The molecule has 4 heterocycles. The highest BCUT2D eigenvalue weighted by Gasteiger charge is 2.62. The second-order valence-electron chi connectivity index (χ2n) is 12.8. The van der Waals surface area contributed by atoms with Crippen LogP contribution in [0.3, 0.4) is 0 Å². The van der Waals surface area contributed by atoms with Crippen molar-refractivity contribution in [3.8, 4) is 0 Å². The lowest BCUT2D eigenvalue weighted by atomic mass is 9.95. The molecule has 0 radical (unpaired) electrons. The molecular weight excluding hydrogens is 550 g/mol. The van der Waals surface area contributed by atoms with Crippen LogP contribution < -0.4 is 0 Å². The molecule has 3 fully saturated rings. The lowest BCUT2D eigenvalue weighted by Crippen LogP contribution is -2.62. The Labute approximate surface area is 252 Å². The van der Waals surface area contributed by atoms with Gasteiger partial charge in [-0.05, 0) is 37.1 Å². The van der Waals surface area contributed by atoms with E-state index in [1.54, 1.807) is 6.07 Å². The van der Waals surface area contributed by atoms with Crippen LogP contribution in [0.2, 0.25) is 0 Å². The Kier molecular flexibility index (Phi) is 8.59. The first-order chi connectivity index (χ1) is 20.7. The molecule has 230 valence electrons. The third-order valence-electron chi connectivity index (χ3n) is 8.05. The van der Waals surface area contributed by atoms with Crippen molar-refractivity contribution in [3.63, 3.8) is 0 Å². The maximum atomic E-state index is 12.2. The number of aromatic nitrogens is 1. The molecule has 6 rings (SSSR count). The van der Waals surface area contributed by atoms with E-state index in [1.807, 2.05) is 85.1 Å². The van der Waals surface area contributed by atoms with E-state index in [4.69, 9.17) is 33.2 Å². The maximum Gasteiger partial charge on any atom is 0.218 e. The largest absolute Gasteiger partial charge is 0.368 e. The lowest BCUT2D eigenvalue weighted by molar-refractivity contribution is -0.309. The van der Waals surface area contributed by atoms with E-state index in [0.29, 0.717) is 37.8 Å². The van der Waals surface area contributed by atoms with Crippen LogP contribution in [-0.4, -0.2) is 60.6 Å². The molecule has 0 unspecified atom stereocenters. The quantitative estimate of drug-likeness (QED) is 0.289. The number of carbonyl (C=O) groups is 1. The third kappa shape index (κ3) is 6.63. The number of ether oxygens (including phenoxy) is 7. The van der Waals surface area contributed by atoms with Crippen molar-refractivity contribution in [2.24, 2.45) is 5.41 Å². The molecule has 1 aromatic heterocycles. The van der Waals surface area contributed by atoms with Gasteiger partial charge in [0.15, 0.2) is 18.4 Å². The maximum absolute atomic E-state index is 12.2. The second kappa shape index (κ2) is 12.2. The van der Waals surface area contributed by atoms with Crippen LogP contribution in [0.5, 0.6) is 0 Å². The van der Waals surface area contributed by atoms with Crippen LogP contribution in [0, 0.1) is 5.41 Å². The summed E-state index contributed by atoms with van der Waals surface area (Å²) >= 11 is 0. The normalized spacial score (nSPS) is 28.4. The molecule has 3 aromatic rings. The summed E-state index contributed by atoms with van der Waals surface area (Å²) in [5, 5.41) is 0. The first kappa shape index (κ1) is 30.1. The monoisotopic (exact) mass is 591 g/mol. The predicted octanol–water partition coefficient (Wildman–Crippen LogP) is 5.42. The molecule has 0 amide bonds. The van der Waals surface area contributed by atoms with Gasteiger partial charge in [0.25, 0.3) is 0 Å². The van der Waals surface area contributed by atoms with Gasteiger partial charge < -0.3 is 37.7 Å². The number of aldehydes is 1. The molecule has 0 N–H and O–H groups in total. The van der Waals surface area contributed by atoms with Crippen molar-refractivity contribution >= 4 is 6.29 Å². The minimum atomic E-state index is -1.27. The average molecular weight is 592 g/mol. The van der Waals surface area contributed by atoms with Gasteiger partial charge in [0.05, 0.1) is 51.0 Å². The minimum Gasteiger partial charge on any atom is -0.368 e. The number of hydrogen-bond acceptors (Lipinski definition) is 8. The highest BCUT2D eigenvalue weighted by atomic mass is 16.8. The summed E-state index contributed by atoms with van der Waals surface area (Å²) in [6.45, 7) is 10.1. The summed E-state index contributed by atoms with van der Waals surface area (Å²) in [6.07, 6.45) is -1.42. The minimum absolute atomic E-state index is 0.0951. The van der Waals surface area contributed by atoms with Gasteiger partial charge in [0.1, 0.15) is 18.3 Å². The van der Waals surface area contributed by atoms with Gasteiger partial charge in [-0.15, -0.1) is 0 Å². The van der Waals surface area contributed by atoms with Gasteiger partial charge >= 0.3 is 0 Å². The molecule has 3 saturated heterocycles. The number of carbonyl (C=O) groups excluding carboxylic acids is 1. The van der Waals surface area contributed by atoms with Crippen LogP contribution in [0.1, 0.15) is 61.3 Å².